The average Bonchev–Trinajstić information content (AvgIpc) is 3.30. The number of unbranched alkanes of at least 4 members (excludes halogenated alkanes) is 3. The van der Waals surface area contributed by atoms with Gasteiger partial charge in [-0.3, -0.25) is 4.79 Å². The Morgan fingerprint density at radius 1 is 1.16 bits per heavy atom. The van der Waals surface area contributed by atoms with Crippen LogP contribution in [-0.2, 0) is 9.53 Å². The van der Waals surface area contributed by atoms with E-state index in [1.54, 1.807) is 13.0 Å². The van der Waals surface area contributed by atoms with Gasteiger partial charge in [0.05, 0.1) is 11.7 Å². The number of rotatable bonds is 14. The number of allylic oxidation sites excluding steroid dienone is 3. The van der Waals surface area contributed by atoms with E-state index in [9.17, 15) is 9.90 Å². The lowest BCUT2D eigenvalue weighted by Gasteiger charge is -2.16. The Hall–Kier alpha value is -1.39. The SMILES string of the molecule is CCCCC/C=C\C/C=C\CC(C)(O)/C=C/C1OC1CCCC(=O)O. The molecule has 4 nitrogen and oxygen atoms in total. The predicted molar refractivity (Wildman–Crippen MR) is 102 cm³/mol. The second kappa shape index (κ2) is 12.0. The number of hydrogen-bond donors (Lipinski definition) is 2. The van der Waals surface area contributed by atoms with Gasteiger partial charge >= 0.3 is 5.97 Å². The first-order valence-electron chi connectivity index (χ1n) is 9.53. The zero-order valence-electron chi connectivity index (χ0n) is 15.7. The van der Waals surface area contributed by atoms with Gasteiger partial charge in [0.15, 0.2) is 0 Å². The molecular formula is C21H34O4. The number of carboxylic acids is 1. The number of ether oxygens (including phenoxy) is 1. The fourth-order valence-electron chi connectivity index (χ4n) is 2.61. The number of carbonyl (C=O) groups is 1. The molecule has 25 heavy (non-hydrogen) atoms. The monoisotopic (exact) mass is 350 g/mol. The highest BCUT2D eigenvalue weighted by Crippen LogP contribution is 2.29. The van der Waals surface area contributed by atoms with Crippen LogP contribution < -0.4 is 0 Å². The van der Waals surface area contributed by atoms with Crippen molar-refractivity contribution in [1.82, 2.24) is 0 Å². The van der Waals surface area contributed by atoms with Gasteiger partial charge in [-0.1, -0.05) is 56.2 Å². The van der Waals surface area contributed by atoms with Gasteiger partial charge in [0.2, 0.25) is 0 Å². The summed E-state index contributed by atoms with van der Waals surface area (Å²) in [6.07, 6.45) is 20.3. The Morgan fingerprint density at radius 3 is 2.64 bits per heavy atom. The minimum absolute atomic E-state index is 0.0234. The third kappa shape index (κ3) is 11.7. The maximum Gasteiger partial charge on any atom is 0.303 e. The smallest absolute Gasteiger partial charge is 0.303 e. The number of carboxylic acid groups (broad SMARTS) is 1. The van der Waals surface area contributed by atoms with Crippen LogP contribution in [0.3, 0.4) is 0 Å². The van der Waals surface area contributed by atoms with E-state index in [2.05, 4.69) is 25.2 Å². The van der Waals surface area contributed by atoms with E-state index in [0.29, 0.717) is 12.8 Å². The van der Waals surface area contributed by atoms with Crippen molar-refractivity contribution in [3.05, 3.63) is 36.5 Å². The van der Waals surface area contributed by atoms with E-state index in [0.717, 1.165) is 19.3 Å². The molecule has 1 aliphatic rings. The van der Waals surface area contributed by atoms with Crippen LogP contribution in [0.25, 0.3) is 0 Å². The minimum atomic E-state index is -0.876. The minimum Gasteiger partial charge on any atom is -0.481 e. The molecule has 3 unspecified atom stereocenters. The lowest BCUT2D eigenvalue weighted by molar-refractivity contribution is -0.137. The molecule has 0 radical (unpaired) electrons. The van der Waals surface area contributed by atoms with Crippen molar-refractivity contribution < 1.29 is 19.7 Å². The molecule has 3 atom stereocenters. The second-order valence-electron chi connectivity index (χ2n) is 7.02. The van der Waals surface area contributed by atoms with Crippen LogP contribution in [0.15, 0.2) is 36.5 Å². The van der Waals surface area contributed by atoms with Crippen LogP contribution in [0.5, 0.6) is 0 Å². The zero-order valence-corrected chi connectivity index (χ0v) is 15.7. The molecule has 0 aliphatic carbocycles. The van der Waals surface area contributed by atoms with E-state index in [1.165, 1.54) is 19.3 Å². The van der Waals surface area contributed by atoms with Crippen LogP contribution in [0.2, 0.25) is 0 Å². The van der Waals surface area contributed by atoms with Crippen LogP contribution in [0.1, 0.15) is 71.6 Å². The summed E-state index contributed by atoms with van der Waals surface area (Å²) in [5, 5.41) is 18.9. The number of aliphatic hydroxyl groups is 1. The summed E-state index contributed by atoms with van der Waals surface area (Å²) >= 11 is 0. The highest BCUT2D eigenvalue weighted by Gasteiger charge is 2.36. The summed E-state index contributed by atoms with van der Waals surface area (Å²) in [6, 6.07) is 0. The fourth-order valence-corrected chi connectivity index (χ4v) is 2.61. The molecule has 2 N–H and O–H groups in total. The molecule has 0 aromatic rings. The first-order chi connectivity index (χ1) is 11.9. The van der Waals surface area contributed by atoms with Gasteiger partial charge < -0.3 is 14.9 Å². The second-order valence-corrected chi connectivity index (χ2v) is 7.02. The molecule has 0 saturated carbocycles. The van der Waals surface area contributed by atoms with Crippen molar-refractivity contribution in [3.8, 4) is 0 Å². The van der Waals surface area contributed by atoms with Gasteiger partial charge in [0, 0.05) is 6.42 Å². The van der Waals surface area contributed by atoms with E-state index >= 15 is 0 Å². The highest BCUT2D eigenvalue weighted by atomic mass is 16.6. The lowest BCUT2D eigenvalue weighted by Crippen LogP contribution is -2.19. The Kier molecular flexibility index (Phi) is 10.4. The fraction of sp³-hybridized carbons (Fsp3) is 0.667. The summed E-state index contributed by atoms with van der Waals surface area (Å²) in [4.78, 5) is 10.5. The first kappa shape index (κ1) is 21.7. The predicted octanol–water partition coefficient (Wildman–Crippen LogP) is 4.79. The zero-order chi connectivity index (χ0) is 18.5. The summed E-state index contributed by atoms with van der Waals surface area (Å²) < 4.78 is 5.47. The molecule has 0 spiro atoms. The van der Waals surface area contributed by atoms with Crippen molar-refractivity contribution in [2.24, 2.45) is 0 Å². The maximum atomic E-state index is 10.5. The van der Waals surface area contributed by atoms with Gasteiger partial charge in [-0.15, -0.1) is 0 Å². The van der Waals surface area contributed by atoms with Gasteiger partial charge in [-0.25, -0.2) is 0 Å². The maximum absolute atomic E-state index is 10.5. The van der Waals surface area contributed by atoms with Crippen LogP contribution in [-0.4, -0.2) is 34.0 Å². The van der Waals surface area contributed by atoms with Gasteiger partial charge in [-0.05, 0) is 45.4 Å². The molecule has 0 bridgehead atoms. The van der Waals surface area contributed by atoms with Gasteiger partial charge in [-0.2, -0.15) is 0 Å². The summed E-state index contributed by atoms with van der Waals surface area (Å²) in [5.41, 5.74) is -0.876. The molecule has 1 rings (SSSR count). The molecule has 1 heterocycles. The molecule has 1 aliphatic heterocycles. The third-order valence-corrected chi connectivity index (χ3v) is 4.26. The Labute approximate surface area is 152 Å². The van der Waals surface area contributed by atoms with Crippen LogP contribution >= 0.6 is 0 Å². The standard InChI is InChI=1S/C21H34O4/c1-3-4-5-6-7-8-9-10-11-16-21(2,24)17-15-19-18(25-19)13-12-14-20(22)23/h7-8,10-11,15,17-19,24H,3-6,9,12-14,16H2,1-2H3,(H,22,23)/b8-7-,11-10-,17-15+. The third-order valence-electron chi connectivity index (χ3n) is 4.26. The van der Waals surface area contributed by atoms with Crippen LogP contribution in [0.4, 0.5) is 0 Å². The quantitative estimate of drug-likeness (QED) is 0.268. The molecule has 1 fully saturated rings. The van der Waals surface area contributed by atoms with E-state index in [4.69, 9.17) is 9.84 Å². The number of epoxide rings is 1. The summed E-state index contributed by atoms with van der Waals surface area (Å²) in [6.45, 7) is 4.00. The molecule has 1 saturated heterocycles. The Bertz CT molecular complexity index is 463. The number of hydrogen-bond acceptors (Lipinski definition) is 3. The van der Waals surface area contributed by atoms with E-state index in [1.807, 2.05) is 12.2 Å². The number of aliphatic carboxylic acids is 1. The van der Waals surface area contributed by atoms with Crippen molar-refractivity contribution >= 4 is 5.97 Å². The van der Waals surface area contributed by atoms with E-state index < -0.39 is 11.6 Å². The Balaban J connectivity index is 2.14. The topological polar surface area (TPSA) is 70.1 Å². The van der Waals surface area contributed by atoms with Crippen molar-refractivity contribution in [2.75, 3.05) is 0 Å². The van der Waals surface area contributed by atoms with Crippen LogP contribution in [0, 0.1) is 0 Å². The summed E-state index contributed by atoms with van der Waals surface area (Å²) in [5.74, 6) is -0.765. The molecule has 0 aromatic heterocycles. The van der Waals surface area contributed by atoms with Gasteiger partial charge in [0.25, 0.3) is 0 Å². The largest absolute Gasteiger partial charge is 0.481 e. The van der Waals surface area contributed by atoms with E-state index in [-0.39, 0.29) is 18.6 Å². The first-order valence-corrected chi connectivity index (χ1v) is 9.53. The normalized spacial score (nSPS) is 22.8. The molecule has 0 aromatic carbocycles. The summed E-state index contributed by atoms with van der Waals surface area (Å²) in [7, 11) is 0. The van der Waals surface area contributed by atoms with Gasteiger partial charge in [0.1, 0.15) is 6.10 Å². The highest BCUT2D eigenvalue weighted by molar-refractivity contribution is 5.66. The molecule has 142 valence electrons. The van der Waals surface area contributed by atoms with Crippen molar-refractivity contribution in [3.63, 3.8) is 0 Å². The Morgan fingerprint density at radius 2 is 1.92 bits per heavy atom. The van der Waals surface area contributed by atoms with Crippen molar-refractivity contribution in [1.29, 1.82) is 0 Å². The molecular weight excluding hydrogens is 316 g/mol. The average molecular weight is 350 g/mol. The molecule has 4 heteroatoms. The van der Waals surface area contributed by atoms with Crippen molar-refractivity contribution in [2.45, 2.75) is 89.4 Å². The lowest BCUT2D eigenvalue weighted by atomic mass is 10.0. The molecule has 0 amide bonds.